The number of benzene rings is 2. The smallest absolute Gasteiger partial charge is 0.339 e. The van der Waals surface area contributed by atoms with Gasteiger partial charge in [0.25, 0.3) is 11.8 Å². The van der Waals surface area contributed by atoms with Gasteiger partial charge in [0, 0.05) is 49.4 Å². The summed E-state index contributed by atoms with van der Waals surface area (Å²) in [5.41, 5.74) is 1.59. The molecule has 0 aliphatic carbocycles. The molecule has 9 heteroatoms. The van der Waals surface area contributed by atoms with Gasteiger partial charge in [-0.15, -0.1) is 0 Å². The molecule has 0 atom stereocenters. The molecule has 2 heterocycles. The van der Waals surface area contributed by atoms with Crippen molar-refractivity contribution in [3.63, 3.8) is 0 Å². The van der Waals surface area contributed by atoms with Gasteiger partial charge in [-0.05, 0) is 73.9 Å². The van der Waals surface area contributed by atoms with Gasteiger partial charge in [-0.1, -0.05) is 18.2 Å². The van der Waals surface area contributed by atoms with E-state index in [4.69, 9.17) is 0 Å². The van der Waals surface area contributed by atoms with Crippen LogP contribution in [0.3, 0.4) is 0 Å². The third kappa shape index (κ3) is 7.57. The zero-order valence-electron chi connectivity index (χ0n) is 20.7. The molecule has 2 aromatic carbocycles. The molecule has 2 aromatic rings. The Labute approximate surface area is 214 Å². The number of rotatable bonds is 8. The normalized spacial score (nSPS) is 16.8. The summed E-state index contributed by atoms with van der Waals surface area (Å²) in [4.78, 5) is 40.7. The van der Waals surface area contributed by atoms with E-state index in [1.165, 1.54) is 12.1 Å². The summed E-state index contributed by atoms with van der Waals surface area (Å²) in [6, 6.07) is 15.6. The van der Waals surface area contributed by atoms with Crippen LogP contribution in [0, 0.1) is 11.8 Å². The van der Waals surface area contributed by atoms with Crippen molar-refractivity contribution in [2.24, 2.45) is 11.8 Å². The number of nitrogens with one attached hydrogen (secondary N) is 1. The van der Waals surface area contributed by atoms with E-state index in [-0.39, 0.29) is 11.8 Å². The molecule has 37 heavy (non-hydrogen) atoms. The van der Waals surface area contributed by atoms with Gasteiger partial charge in [-0.25, -0.2) is 0 Å². The Morgan fingerprint density at radius 1 is 0.784 bits per heavy atom. The molecule has 2 aliphatic rings. The predicted molar refractivity (Wildman–Crippen MR) is 134 cm³/mol. The van der Waals surface area contributed by atoms with Crippen molar-refractivity contribution < 1.29 is 27.6 Å². The monoisotopic (exact) mass is 515 g/mol. The van der Waals surface area contributed by atoms with E-state index in [1.807, 2.05) is 35.2 Å². The number of nitrogens with zero attached hydrogens (tertiary/aromatic N) is 2. The number of alkyl halides is 3. The molecular formula is C28H32F3N3O3. The van der Waals surface area contributed by atoms with Gasteiger partial charge in [0.05, 0.1) is 6.42 Å². The summed E-state index contributed by atoms with van der Waals surface area (Å²) in [6.45, 7) is 2.99. The maximum atomic E-state index is 12.7. The van der Waals surface area contributed by atoms with Gasteiger partial charge in [0.1, 0.15) is 0 Å². The summed E-state index contributed by atoms with van der Waals surface area (Å²) in [7, 11) is 0. The second kappa shape index (κ2) is 11.8. The predicted octanol–water partition coefficient (Wildman–Crippen LogP) is 5.37. The number of carbonyl (C=O) groups is 3. The molecule has 0 saturated carbocycles. The Kier molecular flexibility index (Phi) is 8.51. The highest BCUT2D eigenvalue weighted by atomic mass is 19.4. The molecule has 2 saturated heterocycles. The minimum absolute atomic E-state index is 0.0843. The Morgan fingerprint density at radius 3 is 1.97 bits per heavy atom. The quantitative estimate of drug-likeness (QED) is 0.514. The van der Waals surface area contributed by atoms with Crippen molar-refractivity contribution in [3.05, 3.63) is 65.7 Å². The number of halogens is 3. The standard InChI is InChI=1S/C28H32F3N3O3/c29-28(30,31)15-12-25(35)32-24-10-8-23(9-11-24)27(37)34-18-21(19-34)7-6-20-13-16-33(17-14-20)26(36)22-4-2-1-3-5-22/h1-5,8-11,20-21H,6-7,12-19H2,(H,32,35). The fourth-order valence-electron chi connectivity index (χ4n) is 4.94. The number of hydrogen-bond donors (Lipinski definition) is 1. The third-order valence-corrected chi connectivity index (χ3v) is 7.20. The first-order chi connectivity index (χ1) is 17.7. The highest BCUT2D eigenvalue weighted by molar-refractivity contribution is 5.96. The van der Waals surface area contributed by atoms with Crippen LogP contribution in [-0.4, -0.2) is 59.9 Å². The lowest BCUT2D eigenvalue weighted by molar-refractivity contribution is -0.142. The second-order valence-electron chi connectivity index (χ2n) is 10.00. The topological polar surface area (TPSA) is 69.7 Å². The maximum absolute atomic E-state index is 12.7. The van der Waals surface area contributed by atoms with Gasteiger partial charge in [0.2, 0.25) is 5.91 Å². The van der Waals surface area contributed by atoms with E-state index in [2.05, 4.69) is 5.32 Å². The average molecular weight is 516 g/mol. The van der Waals surface area contributed by atoms with E-state index in [0.29, 0.717) is 36.2 Å². The fourth-order valence-corrected chi connectivity index (χ4v) is 4.94. The Balaban J connectivity index is 1.13. The van der Waals surface area contributed by atoms with Crippen LogP contribution >= 0.6 is 0 Å². The summed E-state index contributed by atoms with van der Waals surface area (Å²) < 4.78 is 36.7. The number of hydrogen-bond acceptors (Lipinski definition) is 3. The molecule has 0 radical (unpaired) electrons. The van der Waals surface area contributed by atoms with Crippen molar-refractivity contribution in [3.8, 4) is 0 Å². The molecule has 0 aromatic heterocycles. The molecule has 0 spiro atoms. The average Bonchev–Trinajstić information content (AvgIpc) is 2.87. The molecule has 0 bridgehead atoms. The first-order valence-corrected chi connectivity index (χ1v) is 12.8. The zero-order chi connectivity index (χ0) is 26.4. The summed E-state index contributed by atoms with van der Waals surface area (Å²) >= 11 is 0. The van der Waals surface area contributed by atoms with Crippen LogP contribution in [0.1, 0.15) is 59.2 Å². The minimum atomic E-state index is -4.37. The highest BCUT2D eigenvalue weighted by Crippen LogP contribution is 2.29. The van der Waals surface area contributed by atoms with Crippen molar-refractivity contribution in [1.29, 1.82) is 0 Å². The molecule has 0 unspecified atom stereocenters. The van der Waals surface area contributed by atoms with E-state index in [9.17, 15) is 27.6 Å². The van der Waals surface area contributed by atoms with Crippen LogP contribution in [0.4, 0.5) is 18.9 Å². The summed E-state index contributed by atoms with van der Waals surface area (Å²) in [6.07, 6.45) is -2.00. The minimum Gasteiger partial charge on any atom is -0.339 e. The second-order valence-corrected chi connectivity index (χ2v) is 10.00. The number of carbonyl (C=O) groups excluding carboxylic acids is 3. The van der Waals surface area contributed by atoms with Crippen molar-refractivity contribution >= 4 is 23.4 Å². The first-order valence-electron chi connectivity index (χ1n) is 12.8. The molecule has 3 amide bonds. The molecule has 1 N–H and O–H groups in total. The number of amides is 3. The van der Waals surface area contributed by atoms with Gasteiger partial charge in [-0.3, -0.25) is 14.4 Å². The van der Waals surface area contributed by atoms with E-state index in [0.717, 1.165) is 44.3 Å². The molecule has 4 rings (SSSR count). The maximum Gasteiger partial charge on any atom is 0.389 e. The molecular weight excluding hydrogens is 483 g/mol. The van der Waals surface area contributed by atoms with E-state index < -0.39 is 24.9 Å². The first kappa shape index (κ1) is 26.7. The molecule has 198 valence electrons. The Hall–Kier alpha value is -3.36. The largest absolute Gasteiger partial charge is 0.389 e. The van der Waals surface area contributed by atoms with Crippen molar-refractivity contribution in [2.75, 3.05) is 31.5 Å². The van der Waals surface area contributed by atoms with Crippen molar-refractivity contribution in [1.82, 2.24) is 9.80 Å². The molecule has 2 aliphatic heterocycles. The lowest BCUT2D eigenvalue weighted by Gasteiger charge is -2.40. The number of piperidine rings is 1. The zero-order valence-corrected chi connectivity index (χ0v) is 20.7. The van der Waals surface area contributed by atoms with Gasteiger partial charge in [-0.2, -0.15) is 13.2 Å². The summed E-state index contributed by atoms with van der Waals surface area (Å²) in [5, 5.41) is 2.42. The van der Waals surface area contributed by atoms with Crippen LogP contribution in [-0.2, 0) is 4.79 Å². The Bertz CT molecular complexity index is 1080. The van der Waals surface area contributed by atoms with Crippen LogP contribution in [0.15, 0.2) is 54.6 Å². The van der Waals surface area contributed by atoms with Crippen LogP contribution in [0.2, 0.25) is 0 Å². The fraction of sp³-hybridized carbons (Fsp3) is 0.464. The Morgan fingerprint density at radius 2 is 1.35 bits per heavy atom. The number of likely N-dealkylation sites (tertiary alicyclic amines) is 2. The number of anilines is 1. The van der Waals surface area contributed by atoms with E-state index >= 15 is 0 Å². The van der Waals surface area contributed by atoms with Crippen molar-refractivity contribution in [2.45, 2.75) is 44.7 Å². The lowest BCUT2D eigenvalue weighted by Crippen LogP contribution is -2.50. The SMILES string of the molecule is O=C(CCC(F)(F)F)Nc1ccc(C(=O)N2CC(CCC3CCN(C(=O)c4ccccc4)CC3)C2)cc1. The van der Waals surface area contributed by atoms with Gasteiger partial charge >= 0.3 is 6.18 Å². The van der Waals surface area contributed by atoms with Crippen LogP contribution in [0.25, 0.3) is 0 Å². The van der Waals surface area contributed by atoms with E-state index in [1.54, 1.807) is 17.0 Å². The van der Waals surface area contributed by atoms with Crippen LogP contribution in [0.5, 0.6) is 0 Å². The molecule has 2 fully saturated rings. The highest BCUT2D eigenvalue weighted by Gasteiger charge is 2.32. The summed E-state index contributed by atoms with van der Waals surface area (Å²) in [5.74, 6) is 0.377. The third-order valence-electron chi connectivity index (χ3n) is 7.20. The van der Waals surface area contributed by atoms with Crippen LogP contribution < -0.4 is 5.32 Å². The van der Waals surface area contributed by atoms with Gasteiger partial charge < -0.3 is 15.1 Å². The lowest BCUT2D eigenvalue weighted by atomic mass is 9.85. The molecule has 6 nitrogen and oxygen atoms in total. The van der Waals surface area contributed by atoms with Gasteiger partial charge in [0.15, 0.2) is 0 Å².